The number of imidazole rings is 1. The summed E-state index contributed by atoms with van der Waals surface area (Å²) in [6, 6.07) is 2.28. The number of nitrogens with two attached hydrogens (primary N) is 1. The Morgan fingerprint density at radius 1 is 1.20 bits per heavy atom. The number of H-pyrrole nitrogens is 1. The molecule has 0 aliphatic heterocycles. The van der Waals surface area contributed by atoms with E-state index in [1.54, 1.807) is 0 Å². The largest absolute Gasteiger partial charge is 0.368 e. The highest BCUT2D eigenvalue weighted by molar-refractivity contribution is 9.10. The Hall–Kier alpha value is -2.29. The van der Waals surface area contributed by atoms with E-state index in [9.17, 15) is 8.78 Å². The Bertz CT molecular complexity index is 780. The fourth-order valence-corrected chi connectivity index (χ4v) is 2.12. The van der Waals surface area contributed by atoms with Gasteiger partial charge >= 0.3 is 0 Å². The first kappa shape index (κ1) is 12.7. The monoisotopic (exact) mass is 340 g/mol. The summed E-state index contributed by atoms with van der Waals surface area (Å²) in [6.45, 7) is 0. The first-order valence-electron chi connectivity index (χ1n) is 5.43. The third-order valence-corrected chi connectivity index (χ3v) is 3.01. The molecule has 0 saturated carbocycles. The smallest absolute Gasteiger partial charge is 0.224 e. The van der Waals surface area contributed by atoms with Gasteiger partial charge in [0, 0.05) is 4.47 Å². The molecule has 3 rings (SSSR count). The maximum absolute atomic E-state index is 13.8. The number of aromatic nitrogens is 4. The molecular formula is C11H7BrF2N6. The summed E-state index contributed by atoms with van der Waals surface area (Å²) in [6.07, 6.45) is 1.39. The van der Waals surface area contributed by atoms with Crippen molar-refractivity contribution < 1.29 is 8.78 Å². The van der Waals surface area contributed by atoms with Gasteiger partial charge < -0.3 is 16.0 Å². The number of hydrogen-bond donors (Lipinski definition) is 3. The van der Waals surface area contributed by atoms with Crippen molar-refractivity contribution in [2.24, 2.45) is 0 Å². The summed E-state index contributed by atoms with van der Waals surface area (Å²) in [5.41, 5.74) is 5.90. The zero-order valence-electron chi connectivity index (χ0n) is 9.78. The van der Waals surface area contributed by atoms with Crippen LogP contribution in [0.3, 0.4) is 0 Å². The number of aromatic amines is 1. The standard InChI is InChI=1S/C11H7BrF2N6/c12-4-1-5(13)7(6(14)2-4)18-10-8-9(17-3-16-8)19-11(15)20-10/h1-3H,(H4,15,16,17,18,19,20). The van der Waals surface area contributed by atoms with Crippen LogP contribution in [-0.2, 0) is 0 Å². The molecule has 0 bridgehead atoms. The number of nitrogens with zero attached hydrogens (tertiary/aromatic N) is 3. The van der Waals surface area contributed by atoms with E-state index < -0.39 is 11.6 Å². The van der Waals surface area contributed by atoms with Gasteiger partial charge in [-0.3, -0.25) is 0 Å². The van der Waals surface area contributed by atoms with Crippen LogP contribution in [0.15, 0.2) is 22.9 Å². The van der Waals surface area contributed by atoms with Gasteiger partial charge in [0.2, 0.25) is 5.95 Å². The molecule has 0 aliphatic rings. The number of halogens is 3. The van der Waals surface area contributed by atoms with E-state index in [0.717, 1.165) is 12.1 Å². The maximum atomic E-state index is 13.8. The van der Waals surface area contributed by atoms with Gasteiger partial charge in [0.25, 0.3) is 0 Å². The van der Waals surface area contributed by atoms with E-state index in [2.05, 4.69) is 41.2 Å². The predicted molar refractivity (Wildman–Crippen MR) is 73.4 cm³/mol. The molecule has 20 heavy (non-hydrogen) atoms. The molecule has 0 amide bonds. The van der Waals surface area contributed by atoms with Crippen LogP contribution in [0.25, 0.3) is 11.2 Å². The van der Waals surface area contributed by atoms with Crippen molar-refractivity contribution in [1.29, 1.82) is 0 Å². The molecule has 3 aromatic rings. The highest BCUT2D eigenvalue weighted by atomic mass is 79.9. The van der Waals surface area contributed by atoms with E-state index >= 15 is 0 Å². The summed E-state index contributed by atoms with van der Waals surface area (Å²) in [5, 5.41) is 2.56. The third-order valence-electron chi connectivity index (χ3n) is 2.55. The average molecular weight is 341 g/mol. The summed E-state index contributed by atoms with van der Waals surface area (Å²) in [5.74, 6) is -1.43. The summed E-state index contributed by atoms with van der Waals surface area (Å²) in [4.78, 5) is 14.5. The zero-order valence-corrected chi connectivity index (χ0v) is 11.4. The molecule has 0 aliphatic carbocycles. The highest BCUT2D eigenvalue weighted by Gasteiger charge is 2.15. The molecule has 102 valence electrons. The van der Waals surface area contributed by atoms with Crippen molar-refractivity contribution >= 4 is 44.5 Å². The van der Waals surface area contributed by atoms with Crippen molar-refractivity contribution in [2.75, 3.05) is 11.1 Å². The van der Waals surface area contributed by atoms with Gasteiger partial charge in [-0.15, -0.1) is 0 Å². The topological polar surface area (TPSA) is 92.5 Å². The highest BCUT2D eigenvalue weighted by Crippen LogP contribution is 2.28. The van der Waals surface area contributed by atoms with Crippen LogP contribution in [0.1, 0.15) is 0 Å². The van der Waals surface area contributed by atoms with Gasteiger partial charge in [0.05, 0.1) is 6.33 Å². The Morgan fingerprint density at radius 3 is 2.60 bits per heavy atom. The number of nitrogen functional groups attached to an aromatic ring is 1. The Labute approximate surface area is 119 Å². The minimum absolute atomic E-state index is 0.0509. The van der Waals surface area contributed by atoms with Crippen LogP contribution < -0.4 is 11.1 Å². The summed E-state index contributed by atoms with van der Waals surface area (Å²) < 4.78 is 27.9. The fraction of sp³-hybridized carbons (Fsp3) is 0. The van der Waals surface area contributed by atoms with Crippen molar-refractivity contribution in [3.63, 3.8) is 0 Å². The third kappa shape index (κ3) is 2.16. The van der Waals surface area contributed by atoms with Crippen molar-refractivity contribution in [1.82, 2.24) is 19.9 Å². The van der Waals surface area contributed by atoms with E-state index in [4.69, 9.17) is 5.73 Å². The second-order valence-electron chi connectivity index (χ2n) is 3.90. The number of hydrogen-bond acceptors (Lipinski definition) is 5. The first-order chi connectivity index (χ1) is 9.54. The Kier molecular flexibility index (Phi) is 2.97. The molecule has 9 heteroatoms. The van der Waals surface area contributed by atoms with Crippen LogP contribution >= 0.6 is 15.9 Å². The average Bonchev–Trinajstić information content (AvgIpc) is 2.81. The lowest BCUT2D eigenvalue weighted by atomic mass is 10.3. The van der Waals surface area contributed by atoms with E-state index in [-0.39, 0.29) is 17.5 Å². The van der Waals surface area contributed by atoms with Crippen LogP contribution in [0, 0.1) is 11.6 Å². The molecule has 0 radical (unpaired) electrons. The van der Waals surface area contributed by atoms with Crippen molar-refractivity contribution in [3.05, 3.63) is 34.6 Å². The SMILES string of the molecule is Nc1nc(Nc2c(F)cc(Br)cc2F)c2[nH]cnc2n1. The fourth-order valence-electron chi connectivity index (χ4n) is 1.72. The van der Waals surface area contributed by atoms with Gasteiger partial charge in [0.1, 0.15) is 11.2 Å². The quantitative estimate of drug-likeness (QED) is 0.667. The molecule has 0 spiro atoms. The summed E-state index contributed by atoms with van der Waals surface area (Å²) in [7, 11) is 0. The zero-order chi connectivity index (χ0) is 14.3. The van der Waals surface area contributed by atoms with Gasteiger partial charge in [-0.1, -0.05) is 15.9 Å². The lowest BCUT2D eigenvalue weighted by Crippen LogP contribution is -2.04. The van der Waals surface area contributed by atoms with Crippen molar-refractivity contribution in [2.45, 2.75) is 0 Å². The lowest BCUT2D eigenvalue weighted by molar-refractivity contribution is 0.589. The van der Waals surface area contributed by atoms with Crippen LogP contribution in [0.2, 0.25) is 0 Å². The number of nitrogens with one attached hydrogen (secondary N) is 2. The van der Waals surface area contributed by atoms with E-state index in [1.165, 1.54) is 6.33 Å². The minimum atomic E-state index is -0.762. The molecule has 1 aromatic carbocycles. The predicted octanol–water partition coefficient (Wildman–Crippen LogP) is 2.72. The molecule has 0 saturated heterocycles. The number of anilines is 3. The molecule has 4 N–H and O–H groups in total. The molecule has 6 nitrogen and oxygen atoms in total. The Balaban J connectivity index is 2.12. The molecule has 0 unspecified atom stereocenters. The number of fused-ring (bicyclic) bond motifs is 1. The van der Waals surface area contributed by atoms with Crippen molar-refractivity contribution in [3.8, 4) is 0 Å². The van der Waals surface area contributed by atoms with Crippen LogP contribution in [0.4, 0.5) is 26.2 Å². The van der Waals surface area contributed by atoms with Gasteiger partial charge in [0.15, 0.2) is 23.1 Å². The van der Waals surface area contributed by atoms with E-state index in [1.807, 2.05) is 0 Å². The number of rotatable bonds is 2. The molecular weight excluding hydrogens is 334 g/mol. The summed E-state index contributed by atoms with van der Waals surface area (Å²) >= 11 is 3.01. The number of benzene rings is 1. The van der Waals surface area contributed by atoms with Crippen LogP contribution in [-0.4, -0.2) is 19.9 Å². The molecule has 2 aromatic heterocycles. The lowest BCUT2D eigenvalue weighted by Gasteiger charge is -2.09. The van der Waals surface area contributed by atoms with Crippen LogP contribution in [0.5, 0.6) is 0 Å². The van der Waals surface area contributed by atoms with Gasteiger partial charge in [-0.05, 0) is 12.1 Å². The van der Waals surface area contributed by atoms with Gasteiger partial charge in [-0.25, -0.2) is 13.8 Å². The molecule has 0 fully saturated rings. The molecule has 2 heterocycles. The first-order valence-corrected chi connectivity index (χ1v) is 6.22. The molecule has 0 atom stereocenters. The maximum Gasteiger partial charge on any atom is 0.224 e. The normalized spacial score (nSPS) is 10.9. The van der Waals surface area contributed by atoms with E-state index in [0.29, 0.717) is 15.6 Å². The van der Waals surface area contributed by atoms with Gasteiger partial charge in [-0.2, -0.15) is 9.97 Å². The Morgan fingerprint density at radius 2 is 1.90 bits per heavy atom. The second kappa shape index (κ2) is 4.67. The second-order valence-corrected chi connectivity index (χ2v) is 4.82. The minimum Gasteiger partial charge on any atom is -0.368 e.